The fourth-order valence-electron chi connectivity index (χ4n) is 8.19. The van der Waals surface area contributed by atoms with E-state index in [-0.39, 0.29) is 53.3 Å². The fraction of sp³-hybridized carbons (Fsp3) is 0.477. The zero-order valence-corrected chi connectivity index (χ0v) is 54.3. The van der Waals surface area contributed by atoms with E-state index in [2.05, 4.69) is 0 Å². The van der Waals surface area contributed by atoms with Crippen LogP contribution in [0.5, 0.6) is 0 Å². The summed E-state index contributed by atoms with van der Waals surface area (Å²) in [7, 11) is 0. The Hall–Kier alpha value is -6.06. The van der Waals surface area contributed by atoms with Crippen LogP contribution in [0, 0.1) is 11.8 Å². The number of ketones is 1. The third kappa shape index (κ3) is 32.4. The first kappa shape index (κ1) is 83.0. The number of carboxylic acid groups (broad SMARTS) is 2. The number of rotatable bonds is 35. The highest BCUT2D eigenvalue weighted by Gasteiger charge is 2.37. The topological polar surface area (TPSA) is 399 Å². The Morgan fingerprint density at radius 2 is 1.00 bits per heavy atom. The molecule has 0 saturated heterocycles. The normalized spacial score (nSPS) is 22.6. The number of amides is 1. The highest BCUT2D eigenvalue weighted by atomic mass is 35.5. The molecule has 1 amide bonds. The first-order chi connectivity index (χ1) is 42.8. The molecule has 1 unspecified atom stereocenters. The van der Waals surface area contributed by atoms with Crippen molar-refractivity contribution in [1.29, 1.82) is 0 Å². The number of carboxylic acids is 2. The van der Waals surface area contributed by atoms with Crippen LogP contribution in [0.3, 0.4) is 0 Å². The van der Waals surface area contributed by atoms with Crippen LogP contribution in [0.15, 0.2) is 166 Å². The summed E-state index contributed by atoms with van der Waals surface area (Å²) in [5, 5.41) is 119. The van der Waals surface area contributed by atoms with Gasteiger partial charge in [0.2, 0.25) is 0 Å². The second-order valence-corrected chi connectivity index (χ2v) is 23.1. The molecule has 91 heavy (non-hydrogen) atoms. The summed E-state index contributed by atoms with van der Waals surface area (Å²) >= 11 is 24.8. The molecule has 0 aromatic rings. The summed E-state index contributed by atoms with van der Waals surface area (Å²) in [6.45, 7) is 10.3. The maximum Gasteiger partial charge on any atom is 0.405 e. The van der Waals surface area contributed by atoms with Gasteiger partial charge in [-0.05, 0) is 57.8 Å². The van der Waals surface area contributed by atoms with Gasteiger partial charge in [-0.1, -0.05) is 165 Å². The molecular weight excluding hydrogens is 1270 g/mol. The Balaban J connectivity index is 0.000000912. The number of aliphatic hydroxyl groups is 10. The molecule has 26 heteroatoms. The SMILES string of the molecule is CC/C=C/[C@@H](O)[C@H](Cl)[C@H](O)C[C@@H](O)C(O)[C@H](O)[C@H](C)/C(Cl)=C/C=C/C=C(C)/C=C/C=C/C(=O)O[C@@H]1CC(C(=O)O)=CC[C@@H]1O.CC/C=C/[C@@H](OC(N)=O)[C@@H](Cl)[C@H](O)CC(=O)[C@@H](O)[C@H](O)[C@H](C)/C(Cl)=C/C=C/C=C(C)/C=C/C=C/C(=O)O[C@@H]1CC(C(=O)O)=CC[C@@H]1O. The number of ether oxygens (including phenoxy) is 3. The molecule has 506 valence electrons. The maximum absolute atomic E-state index is 12.6. The molecule has 0 aromatic carbocycles. The Kier molecular flexibility index (Phi) is 40.5. The quantitative estimate of drug-likeness (QED) is 0.00781. The van der Waals surface area contributed by atoms with Crippen LogP contribution in [0.4, 0.5) is 4.79 Å². The average Bonchev–Trinajstić information content (AvgIpc) is 1.25. The number of halogens is 4. The highest BCUT2D eigenvalue weighted by Crippen LogP contribution is 2.28. The van der Waals surface area contributed by atoms with Crippen molar-refractivity contribution in [1.82, 2.24) is 0 Å². The van der Waals surface area contributed by atoms with E-state index in [0.717, 1.165) is 23.3 Å². The smallest absolute Gasteiger partial charge is 0.405 e. The molecule has 2 aliphatic carbocycles. The summed E-state index contributed by atoms with van der Waals surface area (Å²) in [6.07, 6.45) is 15.8. The number of aliphatic hydroxyl groups excluding tert-OH is 10. The van der Waals surface area contributed by atoms with Gasteiger partial charge in [-0.3, -0.25) is 4.79 Å². The summed E-state index contributed by atoms with van der Waals surface area (Å²) in [6, 6.07) is 0. The second-order valence-electron chi connectivity index (χ2n) is 21.2. The monoisotopic (exact) mass is 1360 g/mol. The largest absolute Gasteiger partial charge is 0.478 e. The fourth-order valence-corrected chi connectivity index (χ4v) is 9.00. The molecule has 0 aliphatic heterocycles. The van der Waals surface area contributed by atoms with Crippen molar-refractivity contribution in [2.45, 2.75) is 183 Å². The minimum absolute atomic E-state index is 0.0683. The summed E-state index contributed by atoms with van der Waals surface area (Å²) in [5.41, 5.74) is 6.80. The van der Waals surface area contributed by atoms with E-state index in [4.69, 9.17) is 76.6 Å². The van der Waals surface area contributed by atoms with Crippen molar-refractivity contribution in [3.05, 3.63) is 166 Å². The number of carbonyl (C=O) groups excluding carboxylic acids is 4. The molecule has 17 atom stereocenters. The minimum atomic E-state index is -1.89. The van der Waals surface area contributed by atoms with E-state index in [1.54, 1.807) is 93.7 Å². The van der Waals surface area contributed by atoms with Gasteiger partial charge in [-0.2, -0.15) is 0 Å². The van der Waals surface area contributed by atoms with Gasteiger partial charge in [0, 0.05) is 70.9 Å². The zero-order chi connectivity index (χ0) is 69.1. The standard InChI is InChI=1S/C33H43Cl2NO11.C32H44Cl2O10/c1-4-5-13-26(47-33(36)45)29(35)24(38)18-25(39)31(42)30(41)20(3)22(34)12-8-6-10-19(2)11-7-9-14-28(40)46-27-17-21(32(43)44)15-16-23(27)37;1-4-5-13-24(36)29(34)25(37)18-26(38)31(41)30(40)20(3)22(33)12-8-6-10-19(2)11-7-9-14-28(39)44-27-17-21(32(42)43)15-16-23(27)35/h5-15,20,23-24,26-27,29-31,37-38,41-42H,4,16-18H2,1-3H3,(H2,36,45)(H,43,44);5-15,20,23-27,29-31,35-38,40-41H,4,16-18H2,1-3H3,(H,42,43)/b2*8-6+,11-7+,13-5+,14-9+,19-10+,22-12-/t20-,23+,24-,26-,27-,29+,30-,31-;20-,23+,24-,25-,26-,27-,29+,30-,31?/m11/s1. The number of aliphatic carboxylic acids is 2. The third-order valence-electron chi connectivity index (χ3n) is 13.8. The van der Waals surface area contributed by atoms with Gasteiger partial charge in [0.1, 0.15) is 35.9 Å². The molecule has 0 spiro atoms. The lowest BCUT2D eigenvalue weighted by molar-refractivity contribution is -0.150. The first-order valence-corrected chi connectivity index (χ1v) is 30.7. The maximum atomic E-state index is 12.6. The minimum Gasteiger partial charge on any atom is -0.478 e. The Morgan fingerprint density at radius 3 is 1.43 bits per heavy atom. The van der Waals surface area contributed by atoms with Crippen molar-refractivity contribution in [2.24, 2.45) is 17.6 Å². The van der Waals surface area contributed by atoms with E-state index in [1.165, 1.54) is 55.5 Å². The lowest BCUT2D eigenvalue weighted by atomic mass is 9.92. The van der Waals surface area contributed by atoms with E-state index < -0.39 is 144 Å². The van der Waals surface area contributed by atoms with Crippen molar-refractivity contribution in [2.75, 3.05) is 0 Å². The van der Waals surface area contributed by atoms with Crippen molar-refractivity contribution < 1.29 is 104 Å². The molecule has 22 nitrogen and oxygen atoms in total. The molecule has 0 heterocycles. The van der Waals surface area contributed by atoms with E-state index in [0.29, 0.717) is 12.8 Å². The highest BCUT2D eigenvalue weighted by molar-refractivity contribution is 6.30. The predicted molar refractivity (Wildman–Crippen MR) is 345 cm³/mol. The average molecular weight is 1360 g/mol. The number of hydrogen-bond donors (Lipinski definition) is 13. The Bertz CT molecular complexity index is 2810. The number of carbonyl (C=O) groups is 6. The Labute approximate surface area is 550 Å². The van der Waals surface area contributed by atoms with Gasteiger partial charge in [0.25, 0.3) is 0 Å². The number of allylic oxidation sites excluding steroid dienone is 18. The predicted octanol–water partition coefficient (Wildman–Crippen LogP) is 6.72. The van der Waals surface area contributed by atoms with E-state index in [1.807, 2.05) is 13.8 Å². The molecule has 0 radical (unpaired) electrons. The summed E-state index contributed by atoms with van der Waals surface area (Å²) in [4.78, 5) is 70.0. The number of primary amides is 1. The van der Waals surface area contributed by atoms with Gasteiger partial charge < -0.3 is 81.2 Å². The van der Waals surface area contributed by atoms with Crippen LogP contribution >= 0.6 is 46.4 Å². The van der Waals surface area contributed by atoms with E-state index >= 15 is 0 Å². The zero-order valence-electron chi connectivity index (χ0n) is 51.3. The van der Waals surface area contributed by atoms with Gasteiger partial charge in [-0.15, -0.1) is 23.2 Å². The second kappa shape index (κ2) is 44.5. The lowest BCUT2D eigenvalue weighted by Crippen LogP contribution is -2.44. The van der Waals surface area contributed by atoms with Gasteiger partial charge in [0.15, 0.2) is 5.78 Å². The molecular formula is C65H87Cl4NO21. The number of alkyl halides is 2. The van der Waals surface area contributed by atoms with Crippen LogP contribution in [-0.2, 0) is 38.2 Å². The van der Waals surface area contributed by atoms with Crippen LogP contribution < -0.4 is 5.73 Å². The number of esters is 2. The molecule has 2 rings (SSSR count). The van der Waals surface area contributed by atoms with Crippen molar-refractivity contribution >= 4 is 82.2 Å². The molecule has 0 saturated carbocycles. The van der Waals surface area contributed by atoms with E-state index in [9.17, 15) is 79.8 Å². The first-order valence-electron chi connectivity index (χ1n) is 29.0. The number of nitrogens with two attached hydrogens (primary N) is 1. The van der Waals surface area contributed by atoms with Crippen LogP contribution in [0.2, 0.25) is 0 Å². The van der Waals surface area contributed by atoms with Crippen molar-refractivity contribution in [3.8, 4) is 0 Å². The van der Waals surface area contributed by atoms with Crippen molar-refractivity contribution in [3.63, 3.8) is 0 Å². The van der Waals surface area contributed by atoms with Crippen LogP contribution in [-0.4, -0.2) is 187 Å². The molecule has 0 fully saturated rings. The molecule has 14 N–H and O–H groups in total. The molecule has 0 aromatic heterocycles. The summed E-state index contributed by atoms with van der Waals surface area (Å²) < 4.78 is 15.2. The van der Waals surface area contributed by atoms with Gasteiger partial charge >= 0.3 is 30.0 Å². The summed E-state index contributed by atoms with van der Waals surface area (Å²) in [5.74, 6) is -6.19. The molecule has 2 aliphatic rings. The lowest BCUT2D eigenvalue weighted by Gasteiger charge is -2.29. The van der Waals surface area contributed by atoms with Crippen LogP contribution in [0.25, 0.3) is 0 Å². The van der Waals surface area contributed by atoms with Crippen LogP contribution in [0.1, 0.15) is 92.9 Å². The van der Waals surface area contributed by atoms with Gasteiger partial charge in [-0.25, -0.2) is 24.0 Å². The molecule has 0 bridgehead atoms. The number of Topliss-reactive ketones (excluding diaryl/α,β-unsaturated/α-hetero) is 1. The Morgan fingerprint density at radius 1 is 0.582 bits per heavy atom. The third-order valence-corrected chi connectivity index (χ3v) is 15.8. The number of hydrogen-bond acceptors (Lipinski definition) is 19. The van der Waals surface area contributed by atoms with Gasteiger partial charge in [0.05, 0.1) is 54.2 Å².